The van der Waals surface area contributed by atoms with E-state index in [2.05, 4.69) is 44.1 Å². The molecule has 4 nitrogen and oxygen atoms in total. The van der Waals surface area contributed by atoms with Crippen molar-refractivity contribution < 1.29 is 15.1 Å². The fraction of sp³-hybridized carbons (Fsp3) is 0.429. The van der Waals surface area contributed by atoms with Gasteiger partial charge in [0.1, 0.15) is 29.1 Å². The van der Waals surface area contributed by atoms with Crippen LogP contribution in [0.5, 0.6) is 0 Å². The number of benzene rings is 2. The predicted octanol–water partition coefficient (Wildman–Crippen LogP) is 6.00. The molecule has 0 aromatic heterocycles. The van der Waals surface area contributed by atoms with Gasteiger partial charge in [0.25, 0.3) is 0 Å². The molecule has 0 aliphatic heterocycles. The highest BCUT2D eigenvalue weighted by Gasteiger charge is 2.25. The standard InChI is InChI=1S/C21H27IO4S/c1-20(2,3)17-11-7-15(8-12-17)19(25-27(23,24)26-22)16-9-13-18(14-10-16)21(4,5)6/h7-14,19H,1-6H3. The zero-order chi connectivity index (χ0) is 20.5. The third-order valence-electron chi connectivity index (χ3n) is 4.45. The van der Waals surface area contributed by atoms with Crippen molar-refractivity contribution in [2.45, 2.75) is 58.5 Å². The lowest BCUT2D eigenvalue weighted by Crippen LogP contribution is -2.15. The van der Waals surface area contributed by atoms with Crippen LogP contribution in [0.25, 0.3) is 0 Å². The Kier molecular flexibility index (Phi) is 6.77. The lowest BCUT2D eigenvalue weighted by molar-refractivity contribution is 0.230. The van der Waals surface area contributed by atoms with E-state index in [9.17, 15) is 8.42 Å². The van der Waals surface area contributed by atoms with Gasteiger partial charge in [0.15, 0.2) is 0 Å². The molecule has 2 aromatic carbocycles. The number of hydrogen-bond donors (Lipinski definition) is 0. The van der Waals surface area contributed by atoms with Crippen LogP contribution in [0.15, 0.2) is 48.5 Å². The second kappa shape index (κ2) is 8.19. The van der Waals surface area contributed by atoms with Crippen LogP contribution in [0.4, 0.5) is 0 Å². The van der Waals surface area contributed by atoms with E-state index in [0.29, 0.717) is 0 Å². The molecule has 27 heavy (non-hydrogen) atoms. The molecule has 2 rings (SSSR count). The van der Waals surface area contributed by atoms with E-state index >= 15 is 0 Å². The van der Waals surface area contributed by atoms with Crippen LogP contribution < -0.4 is 0 Å². The Balaban J connectivity index is 2.46. The summed E-state index contributed by atoms with van der Waals surface area (Å²) in [6.07, 6.45) is -0.771. The summed E-state index contributed by atoms with van der Waals surface area (Å²) in [6, 6.07) is 15.7. The van der Waals surface area contributed by atoms with Gasteiger partial charge in [0, 0.05) is 0 Å². The molecule has 0 unspecified atom stereocenters. The molecule has 0 radical (unpaired) electrons. The largest absolute Gasteiger partial charge is 0.410 e. The van der Waals surface area contributed by atoms with Gasteiger partial charge >= 0.3 is 10.4 Å². The van der Waals surface area contributed by atoms with Gasteiger partial charge in [-0.3, -0.25) is 0 Å². The molecular formula is C21H27IO4S. The quantitative estimate of drug-likeness (QED) is 0.471. The lowest BCUT2D eigenvalue weighted by atomic mass is 9.85. The highest BCUT2D eigenvalue weighted by atomic mass is 127. The predicted molar refractivity (Wildman–Crippen MR) is 117 cm³/mol. The van der Waals surface area contributed by atoms with Crippen LogP contribution in [0.2, 0.25) is 0 Å². The molecule has 0 saturated carbocycles. The second-order valence-electron chi connectivity index (χ2n) is 8.69. The summed E-state index contributed by atoms with van der Waals surface area (Å²) in [5.74, 6) is 0. The molecule has 0 saturated heterocycles. The molecular weight excluding hydrogens is 475 g/mol. The van der Waals surface area contributed by atoms with E-state index in [1.165, 1.54) is 34.1 Å². The topological polar surface area (TPSA) is 52.6 Å². The molecule has 0 heterocycles. The van der Waals surface area contributed by atoms with E-state index in [4.69, 9.17) is 4.18 Å². The first kappa shape index (κ1) is 22.3. The Morgan fingerprint density at radius 1 is 0.741 bits per heavy atom. The minimum absolute atomic E-state index is 0.0145. The molecule has 0 atom stereocenters. The van der Waals surface area contributed by atoms with E-state index < -0.39 is 16.5 Å². The first-order chi connectivity index (χ1) is 12.3. The lowest BCUT2D eigenvalue weighted by Gasteiger charge is -2.23. The van der Waals surface area contributed by atoms with Crippen molar-refractivity contribution in [1.29, 1.82) is 0 Å². The zero-order valence-corrected chi connectivity index (χ0v) is 19.6. The Labute approximate surface area is 177 Å². The van der Waals surface area contributed by atoms with Gasteiger partial charge < -0.3 is 0 Å². The summed E-state index contributed by atoms with van der Waals surface area (Å²) >= 11 is 1.32. The maximum atomic E-state index is 12.0. The molecule has 0 spiro atoms. The van der Waals surface area contributed by atoms with E-state index in [0.717, 1.165) is 11.1 Å². The molecule has 0 aliphatic rings. The van der Waals surface area contributed by atoms with Gasteiger partial charge in [-0.2, -0.15) is 10.9 Å². The van der Waals surface area contributed by atoms with Crippen LogP contribution in [-0.2, 0) is 27.9 Å². The Morgan fingerprint density at radius 2 is 1.07 bits per heavy atom. The maximum absolute atomic E-state index is 12.0. The van der Waals surface area contributed by atoms with Crippen molar-refractivity contribution in [2.75, 3.05) is 0 Å². The number of halogens is 1. The normalized spacial score (nSPS) is 13.2. The first-order valence-electron chi connectivity index (χ1n) is 8.78. The molecule has 0 aliphatic carbocycles. The van der Waals surface area contributed by atoms with Gasteiger partial charge in [-0.05, 0) is 33.1 Å². The summed E-state index contributed by atoms with van der Waals surface area (Å²) < 4.78 is 33.8. The van der Waals surface area contributed by atoms with E-state index in [-0.39, 0.29) is 10.8 Å². The third kappa shape index (κ3) is 6.01. The molecule has 0 fully saturated rings. The Bertz CT molecular complexity index is 801. The number of rotatable bonds is 5. The van der Waals surface area contributed by atoms with Crippen molar-refractivity contribution in [1.82, 2.24) is 0 Å². The van der Waals surface area contributed by atoms with Crippen molar-refractivity contribution in [3.63, 3.8) is 0 Å². The van der Waals surface area contributed by atoms with Crippen LogP contribution in [0.1, 0.15) is 69.9 Å². The zero-order valence-electron chi connectivity index (χ0n) is 16.6. The van der Waals surface area contributed by atoms with Crippen LogP contribution >= 0.6 is 23.0 Å². The fourth-order valence-electron chi connectivity index (χ4n) is 2.75. The van der Waals surface area contributed by atoms with Gasteiger partial charge in [-0.15, -0.1) is 0 Å². The minimum atomic E-state index is -4.11. The monoisotopic (exact) mass is 502 g/mol. The van der Waals surface area contributed by atoms with E-state index in [1.54, 1.807) is 0 Å². The number of hydrogen-bond acceptors (Lipinski definition) is 4. The second-order valence-corrected chi connectivity index (χ2v) is 10.9. The summed E-state index contributed by atoms with van der Waals surface area (Å²) in [7, 11) is -4.11. The third-order valence-corrected chi connectivity index (χ3v) is 6.35. The Morgan fingerprint density at radius 3 is 1.33 bits per heavy atom. The minimum Gasteiger partial charge on any atom is -0.235 e. The van der Waals surface area contributed by atoms with Crippen LogP contribution in [-0.4, -0.2) is 8.42 Å². The molecule has 148 valence electrons. The van der Waals surface area contributed by atoms with Crippen molar-refractivity contribution in [3.8, 4) is 0 Å². The average Bonchev–Trinajstić information content (AvgIpc) is 2.58. The highest BCUT2D eigenvalue weighted by Crippen LogP contribution is 2.32. The molecule has 0 bridgehead atoms. The van der Waals surface area contributed by atoms with Crippen molar-refractivity contribution >= 4 is 33.4 Å². The fourth-order valence-corrected chi connectivity index (χ4v) is 3.49. The van der Waals surface area contributed by atoms with Crippen molar-refractivity contribution in [2.24, 2.45) is 0 Å². The summed E-state index contributed by atoms with van der Waals surface area (Å²) in [5.41, 5.74) is 3.87. The molecule has 0 N–H and O–H groups in total. The molecule has 6 heteroatoms. The molecule has 2 aromatic rings. The summed E-state index contributed by atoms with van der Waals surface area (Å²) in [6.45, 7) is 12.8. The Hall–Kier alpha value is -0.960. The van der Waals surface area contributed by atoms with Crippen LogP contribution in [0, 0.1) is 0 Å². The molecule has 0 amide bonds. The van der Waals surface area contributed by atoms with E-state index in [1.807, 2.05) is 48.5 Å². The van der Waals surface area contributed by atoms with Gasteiger partial charge in [0.05, 0.1) is 0 Å². The highest BCUT2D eigenvalue weighted by molar-refractivity contribution is 14.1. The average molecular weight is 502 g/mol. The SMILES string of the molecule is CC(C)(C)c1ccc(C(OS(=O)(=O)OI)c2ccc(C(C)(C)C)cc2)cc1. The first-order valence-corrected chi connectivity index (χ1v) is 11.0. The van der Waals surface area contributed by atoms with Gasteiger partial charge in [-0.25, -0.2) is 4.18 Å². The van der Waals surface area contributed by atoms with Crippen molar-refractivity contribution in [3.05, 3.63) is 70.8 Å². The van der Waals surface area contributed by atoms with Gasteiger partial charge in [0.2, 0.25) is 0 Å². The summed E-state index contributed by atoms with van der Waals surface area (Å²) in [5, 5.41) is 0. The summed E-state index contributed by atoms with van der Waals surface area (Å²) in [4.78, 5) is 0. The van der Waals surface area contributed by atoms with Gasteiger partial charge in [-0.1, -0.05) is 90.1 Å². The van der Waals surface area contributed by atoms with Crippen LogP contribution in [0.3, 0.4) is 0 Å². The smallest absolute Gasteiger partial charge is 0.235 e. The maximum Gasteiger partial charge on any atom is 0.410 e.